The average Bonchev–Trinajstić information content (AvgIpc) is 3.21. The second-order valence-corrected chi connectivity index (χ2v) is 6.84. The summed E-state index contributed by atoms with van der Waals surface area (Å²) in [4.78, 5) is 39.0. The standard InChI is InChI=1S/C19H20N2O4S/c1-3-13-5-4-6-14-15(9-20-18(13)14)16(22)10-25-17(23)7-8-21-12(2)11-26-19(21)24/h4-6,9,11,20H,3,7-8,10H2,1-2H3. The molecule has 0 amide bonds. The third kappa shape index (κ3) is 3.62. The van der Waals surface area contributed by atoms with Crippen LogP contribution in [0.1, 0.15) is 35.0 Å². The van der Waals surface area contributed by atoms with E-state index in [9.17, 15) is 14.4 Å². The number of rotatable bonds is 7. The molecule has 0 aliphatic carbocycles. The molecule has 26 heavy (non-hydrogen) atoms. The fourth-order valence-electron chi connectivity index (χ4n) is 2.92. The van der Waals surface area contributed by atoms with E-state index in [4.69, 9.17) is 4.74 Å². The van der Waals surface area contributed by atoms with Gasteiger partial charge in [0.1, 0.15) is 0 Å². The van der Waals surface area contributed by atoms with Gasteiger partial charge < -0.3 is 14.3 Å². The summed E-state index contributed by atoms with van der Waals surface area (Å²) in [5.41, 5.74) is 3.41. The number of nitrogens with zero attached hydrogens (tertiary/aromatic N) is 1. The Kier molecular flexibility index (Phi) is 5.37. The Morgan fingerprint density at radius 3 is 2.81 bits per heavy atom. The molecule has 0 saturated heterocycles. The van der Waals surface area contributed by atoms with Crippen LogP contribution >= 0.6 is 11.3 Å². The minimum atomic E-state index is -0.495. The van der Waals surface area contributed by atoms with Gasteiger partial charge in [-0.15, -0.1) is 0 Å². The van der Waals surface area contributed by atoms with Crippen molar-refractivity contribution in [2.75, 3.05) is 6.61 Å². The van der Waals surface area contributed by atoms with E-state index in [0.717, 1.165) is 39.9 Å². The number of aromatic nitrogens is 2. The number of hydrogen-bond acceptors (Lipinski definition) is 5. The SMILES string of the molecule is CCc1cccc2c(C(=O)COC(=O)CCn3c(C)csc3=O)c[nH]c12. The Bertz CT molecular complexity index is 1010. The van der Waals surface area contributed by atoms with Crippen molar-refractivity contribution in [3.05, 3.63) is 56.3 Å². The summed E-state index contributed by atoms with van der Waals surface area (Å²) in [7, 11) is 0. The van der Waals surface area contributed by atoms with Gasteiger partial charge in [-0.05, 0) is 18.9 Å². The Hall–Kier alpha value is -2.67. The summed E-state index contributed by atoms with van der Waals surface area (Å²) in [6.07, 6.45) is 2.58. The number of nitrogens with one attached hydrogen (secondary N) is 1. The summed E-state index contributed by atoms with van der Waals surface area (Å²) >= 11 is 1.10. The van der Waals surface area contributed by atoms with Crippen molar-refractivity contribution in [1.82, 2.24) is 9.55 Å². The van der Waals surface area contributed by atoms with Gasteiger partial charge in [-0.3, -0.25) is 14.4 Å². The van der Waals surface area contributed by atoms with E-state index >= 15 is 0 Å². The van der Waals surface area contributed by atoms with Gasteiger partial charge in [-0.25, -0.2) is 0 Å². The van der Waals surface area contributed by atoms with E-state index < -0.39 is 5.97 Å². The number of hydrogen-bond donors (Lipinski definition) is 1. The van der Waals surface area contributed by atoms with Crippen molar-refractivity contribution < 1.29 is 14.3 Å². The first-order chi connectivity index (χ1) is 12.5. The summed E-state index contributed by atoms with van der Waals surface area (Å²) in [6.45, 7) is 3.82. The minimum absolute atomic E-state index is 0.0542. The van der Waals surface area contributed by atoms with Crippen LogP contribution < -0.4 is 4.87 Å². The molecule has 2 heterocycles. The van der Waals surface area contributed by atoms with Crippen LogP contribution in [0.5, 0.6) is 0 Å². The molecular weight excluding hydrogens is 352 g/mol. The minimum Gasteiger partial charge on any atom is -0.457 e. The summed E-state index contributed by atoms with van der Waals surface area (Å²) in [5, 5.41) is 2.59. The first-order valence-electron chi connectivity index (χ1n) is 8.44. The van der Waals surface area contributed by atoms with Crippen LogP contribution in [0.3, 0.4) is 0 Å². The maximum Gasteiger partial charge on any atom is 0.308 e. The van der Waals surface area contributed by atoms with Gasteiger partial charge in [0, 0.05) is 40.3 Å². The van der Waals surface area contributed by atoms with Gasteiger partial charge in [0.2, 0.25) is 5.78 Å². The molecule has 136 valence electrons. The third-order valence-electron chi connectivity index (χ3n) is 4.36. The number of ether oxygens (including phenoxy) is 1. The Morgan fingerprint density at radius 2 is 2.12 bits per heavy atom. The predicted molar refractivity (Wildman–Crippen MR) is 101 cm³/mol. The first-order valence-corrected chi connectivity index (χ1v) is 9.32. The van der Waals surface area contributed by atoms with Crippen molar-refractivity contribution in [1.29, 1.82) is 0 Å². The van der Waals surface area contributed by atoms with Crippen LogP contribution in [-0.4, -0.2) is 27.9 Å². The van der Waals surface area contributed by atoms with Crippen molar-refractivity contribution in [2.24, 2.45) is 0 Å². The highest BCUT2D eigenvalue weighted by molar-refractivity contribution is 7.07. The van der Waals surface area contributed by atoms with E-state index in [1.165, 1.54) is 4.57 Å². The van der Waals surface area contributed by atoms with Crippen LogP contribution in [0.4, 0.5) is 0 Å². The average molecular weight is 372 g/mol. The number of para-hydroxylation sites is 1. The van der Waals surface area contributed by atoms with E-state index in [-0.39, 0.29) is 30.2 Å². The highest BCUT2D eigenvalue weighted by Gasteiger charge is 2.16. The van der Waals surface area contributed by atoms with E-state index in [1.54, 1.807) is 11.6 Å². The van der Waals surface area contributed by atoms with Crippen LogP contribution in [0.2, 0.25) is 0 Å². The third-order valence-corrected chi connectivity index (χ3v) is 5.24. The number of fused-ring (bicyclic) bond motifs is 1. The van der Waals surface area contributed by atoms with Crippen molar-refractivity contribution >= 4 is 34.0 Å². The molecule has 0 spiro atoms. The highest BCUT2D eigenvalue weighted by Crippen LogP contribution is 2.22. The molecular formula is C19H20N2O4S. The number of aromatic amines is 1. The molecule has 2 aromatic heterocycles. The zero-order chi connectivity index (χ0) is 18.7. The maximum atomic E-state index is 12.4. The topological polar surface area (TPSA) is 81.2 Å². The largest absolute Gasteiger partial charge is 0.457 e. The Labute approximate surface area is 154 Å². The normalized spacial score (nSPS) is 11.0. The molecule has 3 aromatic rings. The number of Topliss-reactive ketones (excluding diaryl/α,β-unsaturated/α-hetero) is 1. The van der Waals surface area contributed by atoms with Crippen molar-refractivity contribution in [3.8, 4) is 0 Å². The molecule has 0 atom stereocenters. The predicted octanol–water partition coefficient (Wildman–Crippen LogP) is 3.08. The van der Waals surface area contributed by atoms with Crippen LogP contribution in [0.15, 0.2) is 34.6 Å². The fourth-order valence-corrected chi connectivity index (χ4v) is 3.68. The molecule has 6 nitrogen and oxygen atoms in total. The van der Waals surface area contributed by atoms with Crippen LogP contribution in [-0.2, 0) is 22.5 Å². The van der Waals surface area contributed by atoms with Crippen molar-refractivity contribution in [2.45, 2.75) is 33.2 Å². The number of H-pyrrole nitrogens is 1. The molecule has 0 unspecified atom stereocenters. The number of carbonyl (C=O) groups excluding carboxylic acids is 2. The molecule has 0 aliphatic heterocycles. The molecule has 7 heteroatoms. The Balaban J connectivity index is 1.60. The lowest BCUT2D eigenvalue weighted by Crippen LogP contribution is -2.19. The fraction of sp³-hybridized carbons (Fsp3) is 0.316. The van der Waals surface area contributed by atoms with Gasteiger partial charge in [-0.2, -0.15) is 0 Å². The van der Waals surface area contributed by atoms with Crippen LogP contribution in [0.25, 0.3) is 10.9 Å². The number of esters is 1. The summed E-state index contributed by atoms with van der Waals surface area (Å²) in [5.74, 6) is -0.744. The Morgan fingerprint density at radius 1 is 1.31 bits per heavy atom. The lowest BCUT2D eigenvalue weighted by molar-refractivity contribution is -0.142. The van der Waals surface area contributed by atoms with Gasteiger partial charge >= 0.3 is 10.8 Å². The molecule has 0 fully saturated rings. The summed E-state index contributed by atoms with van der Waals surface area (Å²) < 4.78 is 6.62. The number of ketones is 1. The van der Waals surface area contributed by atoms with E-state index in [0.29, 0.717) is 5.56 Å². The highest BCUT2D eigenvalue weighted by atomic mass is 32.1. The molecule has 0 bridgehead atoms. The first kappa shape index (κ1) is 18.1. The van der Waals surface area contributed by atoms with Crippen molar-refractivity contribution in [3.63, 3.8) is 0 Å². The second kappa shape index (κ2) is 7.70. The molecule has 0 radical (unpaired) electrons. The smallest absolute Gasteiger partial charge is 0.308 e. The van der Waals surface area contributed by atoms with Gasteiger partial charge in [0.15, 0.2) is 6.61 Å². The van der Waals surface area contributed by atoms with Gasteiger partial charge in [0.05, 0.1) is 6.42 Å². The lowest BCUT2D eigenvalue weighted by Gasteiger charge is -2.06. The maximum absolute atomic E-state index is 12.4. The van der Waals surface area contributed by atoms with E-state index in [1.807, 2.05) is 25.1 Å². The molecule has 1 N–H and O–H groups in total. The number of aryl methyl sites for hydroxylation is 2. The molecule has 0 aliphatic rings. The zero-order valence-corrected chi connectivity index (χ0v) is 15.5. The quantitative estimate of drug-likeness (QED) is 0.510. The van der Waals surface area contributed by atoms with Gasteiger partial charge in [-0.1, -0.05) is 36.5 Å². The second-order valence-electron chi connectivity index (χ2n) is 6.02. The number of thiazole rings is 1. The molecule has 1 aromatic carbocycles. The monoisotopic (exact) mass is 372 g/mol. The summed E-state index contributed by atoms with van der Waals surface area (Å²) in [6, 6.07) is 5.81. The molecule has 3 rings (SSSR count). The van der Waals surface area contributed by atoms with Gasteiger partial charge in [0.25, 0.3) is 0 Å². The lowest BCUT2D eigenvalue weighted by atomic mass is 10.1. The van der Waals surface area contributed by atoms with Crippen LogP contribution in [0, 0.1) is 6.92 Å². The molecule has 0 saturated carbocycles. The zero-order valence-electron chi connectivity index (χ0n) is 14.7. The van der Waals surface area contributed by atoms with E-state index in [2.05, 4.69) is 11.9 Å². The number of carbonyl (C=O) groups is 2. The number of benzene rings is 1.